The Balaban J connectivity index is 1.86. The number of hydrogen-bond acceptors (Lipinski definition) is 5. The third kappa shape index (κ3) is 5.32. The Kier molecular flexibility index (Phi) is 6.13. The number of aliphatic hydroxyl groups is 1. The van der Waals surface area contributed by atoms with Crippen LogP contribution in [-0.4, -0.2) is 22.1 Å². The number of carbonyl (C=O) groups excluding carboxylic acids is 1. The van der Waals surface area contributed by atoms with Gasteiger partial charge >= 0.3 is 6.03 Å². The number of aliphatic hydroxyl groups excluding tert-OH is 1. The van der Waals surface area contributed by atoms with Gasteiger partial charge in [0, 0.05) is 24.6 Å². The van der Waals surface area contributed by atoms with Crippen molar-refractivity contribution in [3.8, 4) is 0 Å². The lowest BCUT2D eigenvalue weighted by atomic mass is 10.1. The Hall–Kier alpha value is -2.87. The molecule has 0 bridgehead atoms. The Morgan fingerprint density at radius 2 is 2.04 bits per heavy atom. The molecule has 0 spiro atoms. The minimum Gasteiger partial charge on any atom is -0.467 e. The molecule has 25 heavy (non-hydrogen) atoms. The van der Waals surface area contributed by atoms with Crippen LogP contribution in [0.15, 0.2) is 47.1 Å². The molecule has 2 aromatic rings. The van der Waals surface area contributed by atoms with Crippen molar-refractivity contribution in [2.75, 3.05) is 0 Å². The van der Waals surface area contributed by atoms with Gasteiger partial charge in [0.2, 0.25) is 0 Å². The van der Waals surface area contributed by atoms with Gasteiger partial charge in [-0.25, -0.2) is 4.79 Å². The summed E-state index contributed by atoms with van der Waals surface area (Å²) in [6.45, 7) is 3.50. The van der Waals surface area contributed by atoms with Crippen molar-refractivity contribution < 1.29 is 19.2 Å². The predicted molar refractivity (Wildman–Crippen MR) is 90.9 cm³/mol. The van der Waals surface area contributed by atoms with Gasteiger partial charge in [0.05, 0.1) is 17.2 Å². The zero-order chi connectivity index (χ0) is 18.4. The number of non-ortho nitro benzene ring substituents is 1. The molecule has 2 rings (SSSR count). The van der Waals surface area contributed by atoms with E-state index in [9.17, 15) is 20.0 Å². The van der Waals surface area contributed by atoms with Gasteiger partial charge in [-0.15, -0.1) is 0 Å². The van der Waals surface area contributed by atoms with Gasteiger partial charge in [0.25, 0.3) is 5.69 Å². The van der Waals surface area contributed by atoms with Crippen molar-refractivity contribution in [3.05, 3.63) is 64.1 Å². The van der Waals surface area contributed by atoms with Crippen LogP contribution in [0, 0.1) is 10.1 Å². The highest BCUT2D eigenvalue weighted by molar-refractivity contribution is 5.74. The lowest BCUT2D eigenvalue weighted by Gasteiger charge is -2.20. The number of nitro benzene ring substituents is 1. The SMILES string of the molecule is C[C@H](C[C@H](O)c1ccco1)NC(=O)N[C@H](C)c1cccc([N+](=O)[O-])c1. The molecule has 1 aromatic heterocycles. The van der Waals surface area contributed by atoms with E-state index in [1.54, 1.807) is 38.1 Å². The average molecular weight is 347 g/mol. The third-order valence-electron chi connectivity index (χ3n) is 3.75. The van der Waals surface area contributed by atoms with Crippen LogP contribution in [0.1, 0.15) is 43.7 Å². The summed E-state index contributed by atoms with van der Waals surface area (Å²) in [6.07, 6.45) is 0.968. The summed E-state index contributed by atoms with van der Waals surface area (Å²) in [5, 5.41) is 26.3. The van der Waals surface area contributed by atoms with Crippen LogP contribution in [0.2, 0.25) is 0 Å². The van der Waals surface area contributed by atoms with E-state index in [2.05, 4.69) is 10.6 Å². The van der Waals surface area contributed by atoms with Gasteiger partial charge in [0.1, 0.15) is 11.9 Å². The second-order valence-corrected chi connectivity index (χ2v) is 5.86. The van der Waals surface area contributed by atoms with Gasteiger partial charge in [-0.1, -0.05) is 12.1 Å². The van der Waals surface area contributed by atoms with Gasteiger partial charge in [-0.3, -0.25) is 10.1 Å². The zero-order valence-corrected chi connectivity index (χ0v) is 14.0. The molecule has 0 saturated heterocycles. The molecule has 0 aliphatic rings. The molecule has 2 amide bonds. The topological polar surface area (TPSA) is 118 Å². The monoisotopic (exact) mass is 347 g/mol. The number of hydrogen-bond donors (Lipinski definition) is 3. The first-order valence-corrected chi connectivity index (χ1v) is 7.89. The maximum absolute atomic E-state index is 12.1. The summed E-state index contributed by atoms with van der Waals surface area (Å²) in [5.74, 6) is 0.444. The average Bonchev–Trinajstić information content (AvgIpc) is 3.09. The molecule has 0 fully saturated rings. The van der Waals surface area contributed by atoms with Crippen LogP contribution in [-0.2, 0) is 0 Å². The molecule has 134 valence electrons. The van der Waals surface area contributed by atoms with Gasteiger partial charge in [-0.05, 0) is 31.5 Å². The number of carbonyl (C=O) groups is 1. The third-order valence-corrected chi connectivity index (χ3v) is 3.75. The van der Waals surface area contributed by atoms with Crippen LogP contribution in [0.3, 0.4) is 0 Å². The smallest absolute Gasteiger partial charge is 0.315 e. The Morgan fingerprint density at radius 1 is 1.28 bits per heavy atom. The van der Waals surface area contributed by atoms with Crippen molar-refractivity contribution in [1.82, 2.24) is 10.6 Å². The molecule has 1 aromatic carbocycles. The number of urea groups is 1. The van der Waals surface area contributed by atoms with E-state index in [0.717, 1.165) is 0 Å². The molecule has 0 radical (unpaired) electrons. The van der Waals surface area contributed by atoms with E-state index in [4.69, 9.17) is 4.42 Å². The van der Waals surface area contributed by atoms with E-state index >= 15 is 0 Å². The first-order valence-electron chi connectivity index (χ1n) is 7.89. The van der Waals surface area contributed by atoms with E-state index < -0.39 is 23.1 Å². The molecule has 0 saturated carbocycles. The molecule has 1 heterocycles. The van der Waals surface area contributed by atoms with E-state index in [-0.39, 0.29) is 11.7 Å². The highest BCUT2D eigenvalue weighted by atomic mass is 16.6. The number of nitro groups is 1. The predicted octanol–water partition coefficient (Wildman–Crippen LogP) is 3.06. The lowest BCUT2D eigenvalue weighted by Crippen LogP contribution is -2.42. The number of rotatable bonds is 7. The molecule has 0 unspecified atom stereocenters. The van der Waals surface area contributed by atoms with Gasteiger partial charge < -0.3 is 20.2 Å². The van der Waals surface area contributed by atoms with Crippen molar-refractivity contribution in [2.45, 2.75) is 38.5 Å². The quantitative estimate of drug-likeness (QED) is 0.525. The Labute approximate surface area is 145 Å². The summed E-state index contributed by atoms with van der Waals surface area (Å²) in [4.78, 5) is 22.4. The highest BCUT2D eigenvalue weighted by Crippen LogP contribution is 2.20. The van der Waals surface area contributed by atoms with Gasteiger partial charge in [-0.2, -0.15) is 0 Å². The van der Waals surface area contributed by atoms with E-state index in [1.165, 1.54) is 18.4 Å². The largest absolute Gasteiger partial charge is 0.467 e. The summed E-state index contributed by atoms with van der Waals surface area (Å²) >= 11 is 0. The molecule has 8 nitrogen and oxygen atoms in total. The molecular formula is C17H21N3O5. The number of benzene rings is 1. The van der Waals surface area contributed by atoms with Crippen LogP contribution in [0.25, 0.3) is 0 Å². The number of nitrogens with one attached hydrogen (secondary N) is 2. The number of amides is 2. The second-order valence-electron chi connectivity index (χ2n) is 5.86. The minimum absolute atomic E-state index is 0.0264. The summed E-state index contributed by atoms with van der Waals surface area (Å²) < 4.78 is 5.12. The van der Waals surface area contributed by atoms with Crippen LogP contribution in [0.5, 0.6) is 0 Å². The van der Waals surface area contributed by atoms with Crippen LogP contribution < -0.4 is 10.6 Å². The fourth-order valence-corrected chi connectivity index (χ4v) is 2.44. The van der Waals surface area contributed by atoms with Gasteiger partial charge in [0.15, 0.2) is 0 Å². The molecule has 3 atom stereocenters. The van der Waals surface area contributed by atoms with E-state index in [0.29, 0.717) is 17.7 Å². The first kappa shape index (κ1) is 18.5. The summed E-state index contributed by atoms with van der Waals surface area (Å²) in [6, 6.07) is 8.35. The van der Waals surface area contributed by atoms with E-state index in [1.807, 2.05) is 0 Å². The Bertz CT molecular complexity index is 717. The first-order chi connectivity index (χ1) is 11.9. The second kappa shape index (κ2) is 8.29. The minimum atomic E-state index is -0.806. The fourth-order valence-electron chi connectivity index (χ4n) is 2.44. The standard InChI is InChI=1S/C17H21N3O5/c1-11(9-15(21)16-7-4-8-25-16)18-17(22)19-12(2)13-5-3-6-14(10-13)20(23)24/h3-8,10-12,15,21H,9H2,1-2H3,(H2,18,19,22)/t11-,12-,15+/m1/s1. The molecule has 0 aliphatic carbocycles. The van der Waals surface area contributed by atoms with Crippen molar-refractivity contribution >= 4 is 11.7 Å². The lowest BCUT2D eigenvalue weighted by molar-refractivity contribution is -0.384. The number of nitrogens with zero attached hydrogens (tertiary/aromatic N) is 1. The van der Waals surface area contributed by atoms with Crippen LogP contribution >= 0.6 is 0 Å². The van der Waals surface area contributed by atoms with Crippen molar-refractivity contribution in [2.24, 2.45) is 0 Å². The van der Waals surface area contributed by atoms with Crippen LogP contribution in [0.4, 0.5) is 10.5 Å². The highest BCUT2D eigenvalue weighted by Gasteiger charge is 2.18. The maximum atomic E-state index is 12.1. The summed E-state index contributed by atoms with van der Waals surface area (Å²) in [5.41, 5.74) is 0.606. The Morgan fingerprint density at radius 3 is 2.68 bits per heavy atom. The van der Waals surface area contributed by atoms with Crippen molar-refractivity contribution in [1.29, 1.82) is 0 Å². The normalized spacial score (nSPS) is 14.4. The molecular weight excluding hydrogens is 326 g/mol. The molecule has 8 heteroatoms. The molecule has 0 aliphatic heterocycles. The zero-order valence-electron chi connectivity index (χ0n) is 14.0. The fraction of sp³-hybridized carbons (Fsp3) is 0.353. The molecule has 3 N–H and O–H groups in total. The summed E-state index contributed by atoms with van der Waals surface area (Å²) in [7, 11) is 0. The maximum Gasteiger partial charge on any atom is 0.315 e. The number of furan rings is 1. The van der Waals surface area contributed by atoms with Crippen molar-refractivity contribution in [3.63, 3.8) is 0 Å².